The van der Waals surface area contributed by atoms with Gasteiger partial charge in [-0.2, -0.15) is 5.10 Å². The third-order valence-electron chi connectivity index (χ3n) is 6.29. The number of pyridine rings is 1. The van der Waals surface area contributed by atoms with Crippen LogP contribution in [-0.4, -0.2) is 55.6 Å². The fourth-order valence-corrected chi connectivity index (χ4v) is 4.16. The molecule has 1 atom stereocenters. The smallest absolute Gasteiger partial charge is 0.268 e. The van der Waals surface area contributed by atoms with E-state index in [0.717, 1.165) is 36.8 Å². The standard InChI is InChI=1S/C21H24N6O2/c1-14(20(29)26-9-5-21(3-4-21)6-10-26)24-19(28)16-11-15-12-18(22-13-17(15)25-16)27-8-2-7-23-27/h2,7-8,11-14,25H,3-6,9-10H2,1H3,(H,24,28)/t14-/m1/s1. The Labute approximate surface area is 168 Å². The molecule has 0 radical (unpaired) electrons. The lowest BCUT2D eigenvalue weighted by molar-refractivity contribution is -0.134. The Morgan fingerprint density at radius 1 is 1.21 bits per heavy atom. The number of hydrogen-bond donors (Lipinski definition) is 2. The van der Waals surface area contributed by atoms with Crippen LogP contribution in [0.4, 0.5) is 0 Å². The van der Waals surface area contributed by atoms with E-state index < -0.39 is 6.04 Å². The first kappa shape index (κ1) is 17.9. The zero-order chi connectivity index (χ0) is 20.0. The molecule has 5 rings (SSSR count). The molecular weight excluding hydrogens is 368 g/mol. The van der Waals surface area contributed by atoms with E-state index in [1.165, 1.54) is 12.8 Å². The minimum absolute atomic E-state index is 0.00686. The number of amides is 2. The van der Waals surface area contributed by atoms with Gasteiger partial charge >= 0.3 is 0 Å². The molecule has 1 aliphatic heterocycles. The maximum absolute atomic E-state index is 12.7. The zero-order valence-corrected chi connectivity index (χ0v) is 16.4. The number of nitrogens with zero attached hydrogens (tertiary/aromatic N) is 4. The van der Waals surface area contributed by atoms with Gasteiger partial charge in [-0.3, -0.25) is 9.59 Å². The summed E-state index contributed by atoms with van der Waals surface area (Å²) in [5.74, 6) is 0.376. The first-order valence-electron chi connectivity index (χ1n) is 10.1. The van der Waals surface area contributed by atoms with Crippen LogP contribution in [0.5, 0.6) is 0 Å². The Bertz CT molecular complexity index is 1060. The third-order valence-corrected chi connectivity index (χ3v) is 6.29. The van der Waals surface area contributed by atoms with Gasteiger partial charge in [0.25, 0.3) is 5.91 Å². The molecule has 4 heterocycles. The number of aromatic nitrogens is 4. The van der Waals surface area contributed by atoms with Gasteiger partial charge in [-0.25, -0.2) is 9.67 Å². The number of carbonyl (C=O) groups is 2. The van der Waals surface area contributed by atoms with E-state index in [1.54, 1.807) is 30.1 Å². The summed E-state index contributed by atoms with van der Waals surface area (Å²) in [6.07, 6.45) is 9.97. The molecule has 3 aromatic heterocycles. The zero-order valence-electron chi connectivity index (χ0n) is 16.4. The molecule has 8 nitrogen and oxygen atoms in total. The summed E-state index contributed by atoms with van der Waals surface area (Å²) < 4.78 is 1.66. The highest BCUT2D eigenvalue weighted by Crippen LogP contribution is 2.53. The van der Waals surface area contributed by atoms with E-state index in [4.69, 9.17) is 0 Å². The maximum atomic E-state index is 12.7. The molecule has 2 amide bonds. The second-order valence-corrected chi connectivity index (χ2v) is 8.28. The van der Waals surface area contributed by atoms with Crippen LogP contribution in [0.1, 0.15) is 43.1 Å². The van der Waals surface area contributed by atoms with Crippen molar-refractivity contribution in [2.24, 2.45) is 5.41 Å². The molecule has 2 aliphatic rings. The number of aromatic amines is 1. The van der Waals surface area contributed by atoms with Crippen molar-refractivity contribution in [1.82, 2.24) is 30.0 Å². The topological polar surface area (TPSA) is 95.9 Å². The molecule has 2 N–H and O–H groups in total. The normalized spacial score (nSPS) is 18.7. The van der Waals surface area contributed by atoms with Crippen LogP contribution in [0.25, 0.3) is 16.7 Å². The van der Waals surface area contributed by atoms with Gasteiger partial charge in [-0.05, 0) is 56.2 Å². The number of piperidine rings is 1. The SMILES string of the molecule is C[C@@H](NC(=O)c1cc2cc(-n3cccn3)ncc2[nH]1)C(=O)N1CCC2(CC1)CC2. The van der Waals surface area contributed by atoms with Crippen molar-refractivity contribution in [3.8, 4) is 5.82 Å². The molecule has 29 heavy (non-hydrogen) atoms. The quantitative estimate of drug-likeness (QED) is 0.712. The van der Waals surface area contributed by atoms with E-state index in [1.807, 2.05) is 23.2 Å². The molecule has 0 bridgehead atoms. The molecule has 1 spiro atoms. The Balaban J connectivity index is 1.26. The summed E-state index contributed by atoms with van der Waals surface area (Å²) in [5.41, 5.74) is 1.70. The lowest BCUT2D eigenvalue weighted by Crippen LogP contribution is -2.49. The average Bonchev–Trinajstić information content (AvgIpc) is 3.15. The molecular formula is C21H24N6O2. The van der Waals surface area contributed by atoms with E-state index in [0.29, 0.717) is 16.9 Å². The molecule has 1 saturated heterocycles. The van der Waals surface area contributed by atoms with Crippen molar-refractivity contribution in [3.63, 3.8) is 0 Å². The monoisotopic (exact) mass is 392 g/mol. The van der Waals surface area contributed by atoms with Crippen LogP contribution in [0.3, 0.4) is 0 Å². The number of carbonyl (C=O) groups excluding carboxylic acids is 2. The van der Waals surface area contributed by atoms with Crippen molar-refractivity contribution in [2.75, 3.05) is 13.1 Å². The van der Waals surface area contributed by atoms with E-state index in [-0.39, 0.29) is 11.8 Å². The fraction of sp³-hybridized carbons (Fsp3) is 0.429. The van der Waals surface area contributed by atoms with Gasteiger partial charge < -0.3 is 15.2 Å². The van der Waals surface area contributed by atoms with E-state index >= 15 is 0 Å². The van der Waals surface area contributed by atoms with E-state index in [2.05, 4.69) is 20.4 Å². The Kier molecular flexibility index (Phi) is 4.15. The second-order valence-electron chi connectivity index (χ2n) is 8.28. The fourth-order valence-electron chi connectivity index (χ4n) is 4.16. The molecule has 150 valence electrons. The lowest BCUT2D eigenvalue weighted by Gasteiger charge is -2.33. The highest BCUT2D eigenvalue weighted by atomic mass is 16.2. The average molecular weight is 392 g/mol. The Hall–Kier alpha value is -3.16. The molecule has 1 aliphatic carbocycles. The predicted octanol–water partition coefficient (Wildman–Crippen LogP) is 2.27. The minimum Gasteiger partial charge on any atom is -0.349 e. The summed E-state index contributed by atoms with van der Waals surface area (Å²) in [6, 6.07) is 4.91. The first-order valence-corrected chi connectivity index (χ1v) is 10.1. The van der Waals surface area contributed by atoms with Crippen LogP contribution < -0.4 is 5.32 Å². The van der Waals surface area contributed by atoms with Gasteiger partial charge in [0.2, 0.25) is 5.91 Å². The first-order chi connectivity index (χ1) is 14.0. The molecule has 1 saturated carbocycles. The van der Waals surface area contributed by atoms with Crippen molar-refractivity contribution >= 4 is 22.7 Å². The Morgan fingerprint density at radius 3 is 2.69 bits per heavy atom. The lowest BCUT2D eigenvalue weighted by atomic mass is 9.93. The van der Waals surface area contributed by atoms with Crippen LogP contribution in [0, 0.1) is 5.41 Å². The van der Waals surface area contributed by atoms with Gasteiger partial charge in [-0.1, -0.05) is 0 Å². The number of H-pyrrole nitrogens is 1. The molecule has 8 heteroatoms. The molecule has 0 unspecified atom stereocenters. The predicted molar refractivity (Wildman–Crippen MR) is 108 cm³/mol. The van der Waals surface area contributed by atoms with Gasteiger partial charge in [0.15, 0.2) is 5.82 Å². The van der Waals surface area contributed by atoms with Gasteiger partial charge in [0.1, 0.15) is 11.7 Å². The highest BCUT2D eigenvalue weighted by Gasteiger charge is 2.45. The van der Waals surface area contributed by atoms with Crippen LogP contribution in [0.15, 0.2) is 36.8 Å². The number of hydrogen-bond acceptors (Lipinski definition) is 4. The van der Waals surface area contributed by atoms with Crippen LogP contribution in [-0.2, 0) is 4.79 Å². The summed E-state index contributed by atoms with van der Waals surface area (Å²) >= 11 is 0. The number of rotatable bonds is 4. The number of fused-ring (bicyclic) bond motifs is 1. The number of nitrogens with one attached hydrogen (secondary N) is 2. The summed E-state index contributed by atoms with van der Waals surface area (Å²) in [6.45, 7) is 3.35. The van der Waals surface area contributed by atoms with Crippen molar-refractivity contribution in [1.29, 1.82) is 0 Å². The molecule has 2 fully saturated rings. The van der Waals surface area contributed by atoms with Crippen LogP contribution in [0.2, 0.25) is 0 Å². The Morgan fingerprint density at radius 2 is 2.00 bits per heavy atom. The van der Waals surface area contributed by atoms with E-state index in [9.17, 15) is 9.59 Å². The van der Waals surface area contributed by atoms with Gasteiger partial charge in [0, 0.05) is 30.9 Å². The van der Waals surface area contributed by atoms with Crippen LogP contribution >= 0.6 is 0 Å². The minimum atomic E-state index is -0.556. The van der Waals surface area contributed by atoms with Gasteiger partial charge in [-0.15, -0.1) is 0 Å². The second kappa shape index (κ2) is 6.72. The van der Waals surface area contributed by atoms with Gasteiger partial charge in [0.05, 0.1) is 11.7 Å². The maximum Gasteiger partial charge on any atom is 0.268 e. The third kappa shape index (κ3) is 3.39. The number of likely N-dealkylation sites (tertiary alicyclic amines) is 1. The summed E-state index contributed by atoms with van der Waals surface area (Å²) in [7, 11) is 0. The summed E-state index contributed by atoms with van der Waals surface area (Å²) in [4.78, 5) is 34.7. The summed E-state index contributed by atoms with van der Waals surface area (Å²) in [5, 5.41) is 7.87. The molecule has 0 aromatic carbocycles. The van der Waals surface area contributed by atoms with Crippen molar-refractivity contribution in [2.45, 2.75) is 38.6 Å². The van der Waals surface area contributed by atoms with Crippen molar-refractivity contribution < 1.29 is 9.59 Å². The largest absolute Gasteiger partial charge is 0.349 e. The van der Waals surface area contributed by atoms with Crippen molar-refractivity contribution in [3.05, 3.63) is 42.5 Å². The molecule has 3 aromatic rings. The highest BCUT2D eigenvalue weighted by molar-refractivity contribution is 6.00.